The van der Waals surface area contributed by atoms with E-state index in [4.69, 9.17) is 0 Å². The van der Waals surface area contributed by atoms with Crippen molar-refractivity contribution in [2.24, 2.45) is 0 Å². The molecule has 4 heteroatoms. The van der Waals surface area contributed by atoms with E-state index in [1.807, 2.05) is 0 Å². The highest BCUT2D eigenvalue weighted by Gasteiger charge is 2.24. The molecule has 94 valence electrons. The molecule has 1 unspecified atom stereocenters. The van der Waals surface area contributed by atoms with Crippen LogP contribution in [0.2, 0.25) is 0 Å². The van der Waals surface area contributed by atoms with Crippen molar-refractivity contribution >= 4 is 10.8 Å². The molecule has 0 amide bonds. The lowest BCUT2D eigenvalue weighted by Crippen LogP contribution is -2.45. The van der Waals surface area contributed by atoms with Gasteiger partial charge in [0.25, 0.3) is 0 Å². The van der Waals surface area contributed by atoms with Crippen molar-refractivity contribution in [2.45, 2.75) is 44.7 Å². The Morgan fingerprint density at radius 2 is 1.94 bits per heavy atom. The van der Waals surface area contributed by atoms with Crippen molar-refractivity contribution in [1.82, 2.24) is 10.2 Å². The molecule has 2 saturated heterocycles. The summed E-state index contributed by atoms with van der Waals surface area (Å²) in [6.45, 7) is 5.86. The lowest BCUT2D eigenvalue weighted by molar-refractivity contribution is 0.163. The van der Waals surface area contributed by atoms with E-state index in [1.165, 1.54) is 25.9 Å². The fourth-order valence-corrected chi connectivity index (χ4v) is 3.99. The van der Waals surface area contributed by atoms with E-state index in [2.05, 4.69) is 17.1 Å². The normalized spacial score (nSPS) is 38.9. The first kappa shape index (κ1) is 12.5. The molecular weight excluding hydrogens is 220 g/mol. The maximum Gasteiger partial charge on any atom is 0.0249 e. The minimum absolute atomic E-state index is 0.519. The molecule has 16 heavy (non-hydrogen) atoms. The summed E-state index contributed by atoms with van der Waals surface area (Å²) in [5.41, 5.74) is 0. The zero-order valence-electron chi connectivity index (χ0n) is 10.3. The molecule has 2 heterocycles. The molecule has 0 aromatic rings. The number of nitrogens with one attached hydrogen (secondary N) is 1. The molecule has 0 radical (unpaired) electrons. The monoisotopic (exact) mass is 244 g/mol. The fraction of sp³-hybridized carbons (Fsp3) is 1.00. The third kappa shape index (κ3) is 3.54. The predicted molar refractivity (Wildman–Crippen MR) is 69.2 cm³/mol. The predicted octanol–water partition coefficient (Wildman–Crippen LogP) is 0.971. The van der Waals surface area contributed by atoms with Gasteiger partial charge in [0.05, 0.1) is 0 Å². The van der Waals surface area contributed by atoms with E-state index < -0.39 is 10.8 Å². The van der Waals surface area contributed by atoms with Gasteiger partial charge in [0.1, 0.15) is 0 Å². The summed E-state index contributed by atoms with van der Waals surface area (Å²) in [7, 11) is -0.519. The van der Waals surface area contributed by atoms with E-state index in [1.54, 1.807) is 0 Å². The molecule has 2 aliphatic heterocycles. The van der Waals surface area contributed by atoms with Gasteiger partial charge in [0, 0.05) is 34.4 Å². The summed E-state index contributed by atoms with van der Waals surface area (Å²) in [4.78, 5) is 2.65. The van der Waals surface area contributed by atoms with Crippen molar-refractivity contribution in [3.8, 4) is 0 Å². The van der Waals surface area contributed by atoms with Gasteiger partial charge >= 0.3 is 0 Å². The van der Waals surface area contributed by atoms with Crippen LogP contribution in [0.15, 0.2) is 0 Å². The maximum absolute atomic E-state index is 11.3. The molecule has 0 aliphatic carbocycles. The Balaban J connectivity index is 1.84. The van der Waals surface area contributed by atoms with Gasteiger partial charge in [-0.2, -0.15) is 0 Å². The molecular formula is C12H24N2OS. The molecule has 0 saturated carbocycles. The summed E-state index contributed by atoms with van der Waals surface area (Å²) in [5.74, 6) is 1.85. The number of rotatable bonds is 1. The SMILES string of the molecule is CC1CCN(C2CCS(=O)CC2)CCCN1. The molecule has 0 bridgehead atoms. The molecule has 2 fully saturated rings. The van der Waals surface area contributed by atoms with Crippen LogP contribution in [-0.2, 0) is 10.8 Å². The lowest BCUT2D eigenvalue weighted by atomic mass is 10.1. The van der Waals surface area contributed by atoms with Crippen LogP contribution in [0.1, 0.15) is 32.6 Å². The summed E-state index contributed by atoms with van der Waals surface area (Å²) < 4.78 is 11.3. The standard InChI is InChI=1S/C12H24N2OS/c1-11-3-8-14(7-2-6-13-11)12-4-9-16(15)10-5-12/h11-13H,2-10H2,1H3. The van der Waals surface area contributed by atoms with Crippen molar-refractivity contribution in [2.75, 3.05) is 31.1 Å². The smallest absolute Gasteiger partial charge is 0.0249 e. The second kappa shape index (κ2) is 6.12. The summed E-state index contributed by atoms with van der Waals surface area (Å²) >= 11 is 0. The zero-order valence-corrected chi connectivity index (χ0v) is 11.1. The number of hydrogen-bond donors (Lipinski definition) is 1. The van der Waals surface area contributed by atoms with E-state index in [-0.39, 0.29) is 0 Å². The van der Waals surface area contributed by atoms with Crippen LogP contribution < -0.4 is 5.32 Å². The average molecular weight is 244 g/mol. The Labute approximate surface area is 101 Å². The van der Waals surface area contributed by atoms with Gasteiger partial charge in [-0.05, 0) is 52.2 Å². The molecule has 2 rings (SSSR count). The lowest BCUT2D eigenvalue weighted by Gasteiger charge is -2.36. The molecule has 3 nitrogen and oxygen atoms in total. The first-order chi connectivity index (χ1) is 7.75. The number of hydrogen-bond acceptors (Lipinski definition) is 3. The summed E-state index contributed by atoms with van der Waals surface area (Å²) in [6.07, 6.45) is 4.80. The van der Waals surface area contributed by atoms with Crippen molar-refractivity contribution in [1.29, 1.82) is 0 Å². The Morgan fingerprint density at radius 1 is 1.19 bits per heavy atom. The Bertz CT molecular complexity index is 237. The highest BCUT2D eigenvalue weighted by Crippen LogP contribution is 2.18. The molecule has 0 spiro atoms. The largest absolute Gasteiger partial charge is 0.314 e. The molecule has 1 N–H and O–H groups in total. The maximum atomic E-state index is 11.3. The van der Waals surface area contributed by atoms with E-state index in [9.17, 15) is 4.21 Å². The average Bonchev–Trinajstić information content (AvgIpc) is 2.26. The quantitative estimate of drug-likeness (QED) is 0.746. The molecule has 2 aliphatic rings. The van der Waals surface area contributed by atoms with E-state index in [0.717, 1.165) is 30.9 Å². The van der Waals surface area contributed by atoms with Crippen molar-refractivity contribution in [3.05, 3.63) is 0 Å². The van der Waals surface area contributed by atoms with Crippen LogP contribution in [0, 0.1) is 0 Å². The van der Waals surface area contributed by atoms with Crippen LogP contribution >= 0.6 is 0 Å². The minimum atomic E-state index is -0.519. The van der Waals surface area contributed by atoms with Gasteiger partial charge in [-0.15, -0.1) is 0 Å². The summed E-state index contributed by atoms with van der Waals surface area (Å²) in [5, 5.41) is 3.54. The third-order valence-electron chi connectivity index (χ3n) is 3.84. The van der Waals surface area contributed by atoms with Crippen LogP contribution in [0.3, 0.4) is 0 Å². The first-order valence-corrected chi connectivity index (χ1v) is 8.07. The minimum Gasteiger partial charge on any atom is -0.314 e. The van der Waals surface area contributed by atoms with Crippen LogP contribution in [0.5, 0.6) is 0 Å². The van der Waals surface area contributed by atoms with Gasteiger partial charge in [-0.1, -0.05) is 0 Å². The Hall–Kier alpha value is 0.0700. The molecule has 1 atom stereocenters. The van der Waals surface area contributed by atoms with Crippen molar-refractivity contribution < 1.29 is 4.21 Å². The van der Waals surface area contributed by atoms with Gasteiger partial charge < -0.3 is 10.2 Å². The van der Waals surface area contributed by atoms with Gasteiger partial charge in [-0.3, -0.25) is 4.21 Å². The number of nitrogens with zero attached hydrogens (tertiary/aromatic N) is 1. The topological polar surface area (TPSA) is 32.3 Å². The van der Waals surface area contributed by atoms with Gasteiger partial charge in [0.15, 0.2) is 0 Å². The second-order valence-corrected chi connectivity index (χ2v) is 6.81. The third-order valence-corrected chi connectivity index (χ3v) is 5.22. The highest BCUT2D eigenvalue weighted by molar-refractivity contribution is 7.85. The van der Waals surface area contributed by atoms with E-state index >= 15 is 0 Å². The van der Waals surface area contributed by atoms with E-state index in [0.29, 0.717) is 12.1 Å². The molecule has 0 aromatic heterocycles. The van der Waals surface area contributed by atoms with Crippen LogP contribution in [-0.4, -0.2) is 52.3 Å². The van der Waals surface area contributed by atoms with Crippen LogP contribution in [0.25, 0.3) is 0 Å². The molecule has 0 aromatic carbocycles. The second-order valence-electron chi connectivity index (χ2n) is 5.11. The zero-order chi connectivity index (χ0) is 11.4. The van der Waals surface area contributed by atoms with Gasteiger partial charge in [-0.25, -0.2) is 0 Å². The Morgan fingerprint density at radius 3 is 2.69 bits per heavy atom. The van der Waals surface area contributed by atoms with Crippen LogP contribution in [0.4, 0.5) is 0 Å². The fourth-order valence-electron chi connectivity index (χ4n) is 2.72. The first-order valence-electron chi connectivity index (χ1n) is 6.58. The Kier molecular flexibility index (Phi) is 4.79. The van der Waals surface area contributed by atoms with Crippen molar-refractivity contribution in [3.63, 3.8) is 0 Å². The summed E-state index contributed by atoms with van der Waals surface area (Å²) in [6, 6.07) is 1.36. The highest BCUT2D eigenvalue weighted by atomic mass is 32.2. The van der Waals surface area contributed by atoms with Gasteiger partial charge in [0.2, 0.25) is 0 Å².